The highest BCUT2D eigenvalue weighted by molar-refractivity contribution is 6.04. The molecule has 0 unspecified atom stereocenters. The van der Waals surface area contributed by atoms with Gasteiger partial charge >= 0.3 is 0 Å². The van der Waals surface area contributed by atoms with Gasteiger partial charge in [-0.15, -0.1) is 0 Å². The molecule has 2 N–H and O–H groups in total. The lowest BCUT2D eigenvalue weighted by Crippen LogP contribution is -2.35. The van der Waals surface area contributed by atoms with Gasteiger partial charge in [0.15, 0.2) is 0 Å². The first kappa shape index (κ1) is 23.1. The molecule has 1 aromatic heterocycles. The van der Waals surface area contributed by atoms with Crippen LogP contribution in [0.5, 0.6) is 0 Å². The van der Waals surface area contributed by atoms with E-state index in [2.05, 4.69) is 15.5 Å². The second kappa shape index (κ2) is 13.3. The Hall–Kier alpha value is -2.92. The van der Waals surface area contributed by atoms with Gasteiger partial charge in [0.25, 0.3) is 5.91 Å². The summed E-state index contributed by atoms with van der Waals surface area (Å²) < 4.78 is 0. The number of rotatable bonds is 6. The molecule has 0 aliphatic rings. The van der Waals surface area contributed by atoms with Crippen molar-refractivity contribution in [3.05, 3.63) is 66.4 Å². The number of benzene rings is 2. The van der Waals surface area contributed by atoms with E-state index in [0.717, 1.165) is 28.8 Å². The van der Waals surface area contributed by atoms with Gasteiger partial charge in [-0.3, -0.25) is 9.89 Å². The highest BCUT2D eigenvalue weighted by atomic mass is 16.2. The summed E-state index contributed by atoms with van der Waals surface area (Å²) in [7, 11) is 1.87. The number of likely N-dealkylation sites (N-methyl/N-ethyl adjacent to an activating group) is 1. The minimum absolute atomic E-state index is 0.0662. The fraction of sp³-hybridized carbons (Fsp3) is 0.304. The van der Waals surface area contributed by atoms with Crippen molar-refractivity contribution in [1.29, 1.82) is 0 Å². The molecule has 0 saturated heterocycles. The summed E-state index contributed by atoms with van der Waals surface area (Å²) in [6.45, 7) is 9.32. The second-order valence-corrected chi connectivity index (χ2v) is 5.42. The molecule has 1 amide bonds. The average molecular weight is 381 g/mol. The van der Waals surface area contributed by atoms with E-state index in [9.17, 15) is 4.79 Å². The van der Waals surface area contributed by atoms with Crippen LogP contribution in [-0.4, -0.2) is 36.2 Å². The Balaban J connectivity index is 0.000000921. The average Bonchev–Trinajstić information content (AvgIpc) is 3.19. The van der Waals surface area contributed by atoms with Crippen LogP contribution in [0, 0.1) is 0 Å². The van der Waals surface area contributed by atoms with Crippen molar-refractivity contribution in [3.8, 4) is 0 Å². The Labute approximate surface area is 168 Å². The van der Waals surface area contributed by atoms with Crippen molar-refractivity contribution in [2.24, 2.45) is 0 Å². The molecule has 0 atom stereocenters. The molecule has 5 nitrogen and oxygen atoms in total. The zero-order valence-corrected chi connectivity index (χ0v) is 17.6. The lowest BCUT2D eigenvalue weighted by atomic mass is 10.2. The van der Waals surface area contributed by atoms with Crippen molar-refractivity contribution in [1.82, 2.24) is 15.5 Å². The Morgan fingerprint density at radius 2 is 1.68 bits per heavy atom. The third-order valence-corrected chi connectivity index (χ3v) is 3.80. The first-order valence-electron chi connectivity index (χ1n) is 9.92. The van der Waals surface area contributed by atoms with Crippen LogP contribution in [0.1, 0.15) is 33.4 Å². The Kier molecular flexibility index (Phi) is 11.0. The molecule has 3 aromatic rings. The van der Waals surface area contributed by atoms with E-state index >= 15 is 0 Å². The molecule has 0 bridgehead atoms. The lowest BCUT2D eigenvalue weighted by molar-refractivity contribution is -0.114. The van der Waals surface area contributed by atoms with Crippen LogP contribution >= 0.6 is 0 Å². The quantitative estimate of drug-likeness (QED) is 0.599. The van der Waals surface area contributed by atoms with Gasteiger partial charge in [-0.1, -0.05) is 64.1 Å². The van der Waals surface area contributed by atoms with Crippen LogP contribution in [-0.2, 0) is 4.79 Å². The number of hydrogen-bond donors (Lipinski definition) is 2. The van der Waals surface area contributed by atoms with Gasteiger partial charge in [-0.2, -0.15) is 5.10 Å². The third kappa shape index (κ3) is 6.35. The first-order valence-corrected chi connectivity index (χ1v) is 9.92. The maximum atomic E-state index is 12.7. The molecule has 0 aliphatic heterocycles. The van der Waals surface area contributed by atoms with Crippen LogP contribution in [0.2, 0.25) is 0 Å². The van der Waals surface area contributed by atoms with Crippen LogP contribution in [0.4, 0.5) is 5.69 Å². The number of hydrogen-bond acceptors (Lipinski definition) is 3. The predicted molar refractivity (Wildman–Crippen MR) is 121 cm³/mol. The molecular formula is C23H32N4O. The van der Waals surface area contributed by atoms with E-state index in [1.807, 2.05) is 89.3 Å². The van der Waals surface area contributed by atoms with Gasteiger partial charge in [0.05, 0.1) is 11.2 Å². The number of fused-ring (bicyclic) bond motifs is 1. The molecule has 28 heavy (non-hydrogen) atoms. The van der Waals surface area contributed by atoms with E-state index in [-0.39, 0.29) is 5.91 Å². The van der Waals surface area contributed by atoms with Crippen LogP contribution < -0.4 is 10.2 Å². The highest BCUT2D eigenvalue weighted by Crippen LogP contribution is 2.17. The van der Waals surface area contributed by atoms with Crippen LogP contribution in [0.3, 0.4) is 0 Å². The molecule has 0 fully saturated rings. The SMILES string of the molecule is CC.CC.CNCCN(C(=O)/C=C/c1n[nH]c2ccccc12)c1ccccc1. The molecule has 0 spiro atoms. The normalized spacial score (nSPS) is 10.0. The number of aromatic nitrogens is 2. The monoisotopic (exact) mass is 380 g/mol. The van der Waals surface area contributed by atoms with Crippen LogP contribution in [0.25, 0.3) is 17.0 Å². The molecule has 2 aromatic carbocycles. The van der Waals surface area contributed by atoms with Crippen molar-refractivity contribution in [3.63, 3.8) is 0 Å². The first-order chi connectivity index (χ1) is 13.8. The summed E-state index contributed by atoms with van der Waals surface area (Å²) >= 11 is 0. The van der Waals surface area contributed by atoms with Gasteiger partial charge in [0.2, 0.25) is 0 Å². The standard InChI is InChI=1S/C19H20N4O.2C2H6/c1-20-13-14-23(15-7-3-2-4-8-15)19(24)12-11-18-16-9-5-6-10-17(16)21-22-18;2*1-2/h2-12,20H,13-14H2,1H3,(H,21,22);2*1-2H3/b12-11+;;. The summed E-state index contributed by atoms with van der Waals surface area (Å²) in [5, 5.41) is 11.3. The molecule has 0 aliphatic carbocycles. The molecule has 1 heterocycles. The minimum atomic E-state index is -0.0662. The lowest BCUT2D eigenvalue weighted by Gasteiger charge is -2.21. The number of aromatic amines is 1. The third-order valence-electron chi connectivity index (χ3n) is 3.80. The number of H-pyrrole nitrogens is 1. The summed E-state index contributed by atoms with van der Waals surface area (Å²) in [6.07, 6.45) is 3.34. The van der Waals surface area contributed by atoms with Gasteiger partial charge in [0.1, 0.15) is 0 Å². The molecule has 3 rings (SSSR count). The number of nitrogens with one attached hydrogen (secondary N) is 2. The topological polar surface area (TPSA) is 61.0 Å². The van der Waals surface area contributed by atoms with Gasteiger partial charge < -0.3 is 10.2 Å². The Morgan fingerprint density at radius 1 is 1.04 bits per heavy atom. The van der Waals surface area contributed by atoms with Crippen molar-refractivity contribution in [2.75, 3.05) is 25.0 Å². The highest BCUT2D eigenvalue weighted by Gasteiger charge is 2.12. The summed E-state index contributed by atoms with van der Waals surface area (Å²) in [6, 6.07) is 17.5. The van der Waals surface area contributed by atoms with E-state index in [0.29, 0.717) is 6.54 Å². The molecule has 0 saturated carbocycles. The molecule has 150 valence electrons. The van der Waals surface area contributed by atoms with Crippen molar-refractivity contribution in [2.45, 2.75) is 27.7 Å². The number of carbonyl (C=O) groups is 1. The van der Waals surface area contributed by atoms with Crippen LogP contribution in [0.15, 0.2) is 60.7 Å². The largest absolute Gasteiger partial charge is 0.318 e. The smallest absolute Gasteiger partial charge is 0.251 e. The summed E-state index contributed by atoms with van der Waals surface area (Å²) in [5.41, 5.74) is 2.61. The van der Waals surface area contributed by atoms with Gasteiger partial charge in [-0.05, 0) is 31.3 Å². The second-order valence-electron chi connectivity index (χ2n) is 5.42. The Morgan fingerprint density at radius 3 is 2.36 bits per heavy atom. The van der Waals surface area contributed by atoms with Crippen molar-refractivity contribution < 1.29 is 4.79 Å². The number of anilines is 1. The maximum absolute atomic E-state index is 12.7. The number of nitrogens with zero attached hydrogens (tertiary/aromatic N) is 2. The Bertz CT molecular complexity index is 840. The van der Waals surface area contributed by atoms with E-state index in [1.54, 1.807) is 17.1 Å². The fourth-order valence-electron chi connectivity index (χ4n) is 2.55. The zero-order valence-electron chi connectivity index (χ0n) is 17.6. The number of carbonyl (C=O) groups excluding carboxylic acids is 1. The van der Waals surface area contributed by atoms with Crippen molar-refractivity contribution >= 4 is 28.6 Å². The number of amides is 1. The predicted octanol–water partition coefficient (Wildman–Crippen LogP) is 4.88. The molecule has 0 radical (unpaired) electrons. The van der Waals surface area contributed by atoms with E-state index in [4.69, 9.17) is 0 Å². The van der Waals surface area contributed by atoms with E-state index < -0.39 is 0 Å². The van der Waals surface area contributed by atoms with Gasteiger partial charge in [-0.25, -0.2) is 0 Å². The minimum Gasteiger partial charge on any atom is -0.318 e. The molecule has 5 heteroatoms. The summed E-state index contributed by atoms with van der Waals surface area (Å²) in [4.78, 5) is 14.4. The maximum Gasteiger partial charge on any atom is 0.251 e. The zero-order chi connectivity index (χ0) is 20.8. The fourth-order valence-corrected chi connectivity index (χ4v) is 2.55. The van der Waals surface area contributed by atoms with Gasteiger partial charge in [0, 0.05) is 30.2 Å². The van der Waals surface area contributed by atoms with E-state index in [1.165, 1.54) is 0 Å². The molecular weight excluding hydrogens is 348 g/mol. The number of para-hydroxylation sites is 2. The summed E-state index contributed by atoms with van der Waals surface area (Å²) in [5.74, 6) is -0.0662.